The molecule has 1 saturated heterocycles. The molecule has 3 unspecified atom stereocenters. The molecule has 3 aromatic rings. The predicted molar refractivity (Wildman–Crippen MR) is 134 cm³/mol. The van der Waals surface area contributed by atoms with Gasteiger partial charge in [-0.2, -0.15) is 0 Å². The van der Waals surface area contributed by atoms with Crippen LogP contribution in [0.25, 0.3) is 10.8 Å². The van der Waals surface area contributed by atoms with Gasteiger partial charge in [0.05, 0.1) is 5.69 Å². The van der Waals surface area contributed by atoms with Gasteiger partial charge < -0.3 is 15.0 Å². The number of hydrogen-bond donors (Lipinski definition) is 1. The maximum absolute atomic E-state index is 13.2. The third kappa shape index (κ3) is 4.07. The molecule has 0 spiro atoms. The molecule has 2 aliphatic heterocycles. The molecule has 35 heavy (non-hydrogen) atoms. The fraction of sp³-hybridized carbons (Fsp3) is 0.345. The number of fused-ring (bicyclic) bond motifs is 2. The van der Waals surface area contributed by atoms with E-state index in [0.29, 0.717) is 48.8 Å². The zero-order chi connectivity index (χ0) is 24.1. The molecule has 178 valence electrons. The van der Waals surface area contributed by atoms with Gasteiger partial charge in [0.1, 0.15) is 5.75 Å². The van der Waals surface area contributed by atoms with Crippen molar-refractivity contribution >= 4 is 34.1 Å². The summed E-state index contributed by atoms with van der Waals surface area (Å²) in [4.78, 5) is 40.2. The van der Waals surface area contributed by atoms with Crippen LogP contribution in [0.5, 0.6) is 5.75 Å². The number of hydrogen-bond acceptors (Lipinski definition) is 4. The first kappa shape index (κ1) is 21.8. The summed E-state index contributed by atoms with van der Waals surface area (Å²) in [5.74, 6) is 0.879. The van der Waals surface area contributed by atoms with E-state index in [0.717, 1.165) is 6.42 Å². The second-order valence-electron chi connectivity index (χ2n) is 9.98. The predicted octanol–water partition coefficient (Wildman–Crippen LogP) is 4.78. The van der Waals surface area contributed by atoms with Crippen LogP contribution in [0.3, 0.4) is 0 Å². The molecule has 1 saturated carbocycles. The number of amides is 2. The zero-order valence-corrected chi connectivity index (χ0v) is 19.7. The van der Waals surface area contributed by atoms with Crippen LogP contribution in [0, 0.1) is 11.8 Å². The van der Waals surface area contributed by atoms with Crippen molar-refractivity contribution < 1.29 is 19.1 Å². The number of carbonyl (C=O) groups is 3. The summed E-state index contributed by atoms with van der Waals surface area (Å²) in [5.41, 5.74) is 2.36. The maximum Gasteiger partial charge on any atom is 0.265 e. The lowest BCUT2D eigenvalue weighted by atomic mass is 9.88. The Morgan fingerprint density at radius 1 is 0.971 bits per heavy atom. The molecule has 3 aromatic carbocycles. The molecule has 2 heterocycles. The van der Waals surface area contributed by atoms with Gasteiger partial charge in [0.2, 0.25) is 5.91 Å². The van der Waals surface area contributed by atoms with Gasteiger partial charge in [-0.1, -0.05) is 42.5 Å². The average molecular weight is 469 g/mol. The van der Waals surface area contributed by atoms with Gasteiger partial charge in [0, 0.05) is 30.5 Å². The highest BCUT2D eigenvalue weighted by Gasteiger charge is 2.46. The van der Waals surface area contributed by atoms with E-state index >= 15 is 0 Å². The molecule has 6 nitrogen and oxygen atoms in total. The van der Waals surface area contributed by atoms with Crippen molar-refractivity contribution in [3.05, 3.63) is 71.8 Å². The number of nitrogens with zero attached hydrogens (tertiary/aromatic N) is 1. The summed E-state index contributed by atoms with van der Waals surface area (Å²) >= 11 is 0. The number of likely N-dealkylation sites (tertiary alicyclic amines) is 1. The molecular formula is C29H28N2O4. The highest BCUT2D eigenvalue weighted by Crippen LogP contribution is 2.49. The van der Waals surface area contributed by atoms with E-state index in [9.17, 15) is 14.4 Å². The second-order valence-corrected chi connectivity index (χ2v) is 9.98. The number of nitrogens with one attached hydrogen (secondary N) is 1. The van der Waals surface area contributed by atoms with Crippen LogP contribution in [0.1, 0.15) is 48.0 Å². The molecule has 2 amide bonds. The third-order valence-electron chi connectivity index (χ3n) is 7.68. The van der Waals surface area contributed by atoms with Crippen LogP contribution < -0.4 is 10.1 Å². The fourth-order valence-electron chi connectivity index (χ4n) is 5.47. The lowest BCUT2D eigenvalue weighted by molar-refractivity contribution is -0.133. The quantitative estimate of drug-likeness (QED) is 0.559. The highest BCUT2D eigenvalue weighted by atomic mass is 16.5. The van der Waals surface area contributed by atoms with Crippen LogP contribution in [0.2, 0.25) is 0 Å². The number of ketones is 1. The van der Waals surface area contributed by atoms with Crippen molar-refractivity contribution in [3.8, 4) is 5.75 Å². The number of benzene rings is 3. The monoisotopic (exact) mass is 468 g/mol. The van der Waals surface area contributed by atoms with Crippen LogP contribution in [0.4, 0.5) is 5.69 Å². The normalized spacial score (nSPS) is 23.9. The van der Waals surface area contributed by atoms with Crippen LogP contribution >= 0.6 is 0 Å². The summed E-state index contributed by atoms with van der Waals surface area (Å²) in [6.45, 7) is 2.91. The number of anilines is 1. The van der Waals surface area contributed by atoms with E-state index in [1.807, 2.05) is 17.0 Å². The molecule has 3 atom stereocenters. The molecule has 1 aliphatic carbocycles. The largest absolute Gasteiger partial charge is 0.479 e. The molecule has 0 aromatic heterocycles. The first-order valence-electron chi connectivity index (χ1n) is 12.4. The molecule has 0 radical (unpaired) electrons. The topological polar surface area (TPSA) is 75.7 Å². The fourth-order valence-corrected chi connectivity index (χ4v) is 5.47. The van der Waals surface area contributed by atoms with Crippen molar-refractivity contribution in [3.63, 3.8) is 0 Å². The standard InChI is InChI=1S/C29H28N2O4/c1-17-28(33)30-25-15-22(8-9-26(25)35-17)27(32)19-10-12-31(13-11-19)29(34)24-16-23(24)21-7-6-18-4-2-3-5-20(18)14-21/h2-9,14-15,17,19,23-24H,10-13,16H2,1H3,(H,30,33). The van der Waals surface area contributed by atoms with Crippen LogP contribution in [0.15, 0.2) is 60.7 Å². The zero-order valence-electron chi connectivity index (χ0n) is 19.7. The lowest BCUT2D eigenvalue weighted by Gasteiger charge is -2.32. The number of Topliss-reactive ketones (excluding diaryl/α,β-unsaturated/α-hetero) is 1. The first-order valence-corrected chi connectivity index (χ1v) is 12.4. The van der Waals surface area contributed by atoms with Crippen molar-refractivity contribution in [2.45, 2.75) is 38.2 Å². The highest BCUT2D eigenvalue weighted by molar-refractivity contribution is 6.02. The van der Waals surface area contributed by atoms with Gasteiger partial charge in [0.25, 0.3) is 5.91 Å². The summed E-state index contributed by atoms with van der Waals surface area (Å²) in [5, 5.41) is 5.24. The van der Waals surface area contributed by atoms with E-state index in [1.165, 1.54) is 16.3 Å². The molecule has 1 N–H and O–H groups in total. The summed E-state index contributed by atoms with van der Waals surface area (Å²) in [7, 11) is 0. The minimum atomic E-state index is -0.543. The number of ether oxygens (including phenoxy) is 1. The Hall–Kier alpha value is -3.67. The van der Waals surface area contributed by atoms with E-state index in [1.54, 1.807) is 25.1 Å². The van der Waals surface area contributed by atoms with Gasteiger partial charge >= 0.3 is 0 Å². The van der Waals surface area contributed by atoms with E-state index < -0.39 is 6.10 Å². The van der Waals surface area contributed by atoms with Crippen molar-refractivity contribution in [1.29, 1.82) is 0 Å². The molecule has 6 rings (SSSR count). The Morgan fingerprint density at radius 2 is 1.74 bits per heavy atom. The van der Waals surface area contributed by atoms with Gasteiger partial charge in [-0.25, -0.2) is 0 Å². The number of carbonyl (C=O) groups excluding carboxylic acids is 3. The second kappa shape index (κ2) is 8.52. The molecule has 2 fully saturated rings. The number of piperidine rings is 1. The summed E-state index contributed by atoms with van der Waals surface area (Å²) < 4.78 is 5.59. The molecule has 6 heteroatoms. The van der Waals surface area contributed by atoms with Crippen LogP contribution in [-0.2, 0) is 9.59 Å². The van der Waals surface area contributed by atoms with Gasteiger partial charge in [0.15, 0.2) is 11.9 Å². The van der Waals surface area contributed by atoms with Gasteiger partial charge in [-0.05, 0) is 66.6 Å². The Labute approximate surface area is 204 Å². The van der Waals surface area contributed by atoms with Gasteiger partial charge in [-0.15, -0.1) is 0 Å². The van der Waals surface area contributed by atoms with Crippen molar-refractivity contribution in [1.82, 2.24) is 4.90 Å². The van der Waals surface area contributed by atoms with E-state index in [-0.39, 0.29) is 29.4 Å². The summed E-state index contributed by atoms with van der Waals surface area (Å²) in [6.07, 6.45) is 1.68. The van der Waals surface area contributed by atoms with E-state index in [2.05, 4.69) is 35.6 Å². The van der Waals surface area contributed by atoms with Crippen molar-refractivity contribution in [2.75, 3.05) is 18.4 Å². The molecular weight excluding hydrogens is 440 g/mol. The minimum Gasteiger partial charge on any atom is -0.479 e. The smallest absolute Gasteiger partial charge is 0.265 e. The molecule has 0 bridgehead atoms. The lowest BCUT2D eigenvalue weighted by Crippen LogP contribution is -2.41. The summed E-state index contributed by atoms with van der Waals surface area (Å²) in [6, 6.07) is 20.0. The Morgan fingerprint density at radius 3 is 2.54 bits per heavy atom. The third-order valence-corrected chi connectivity index (χ3v) is 7.68. The first-order chi connectivity index (χ1) is 17.0. The van der Waals surface area contributed by atoms with Crippen LogP contribution in [-0.4, -0.2) is 41.7 Å². The average Bonchev–Trinajstić information content (AvgIpc) is 3.69. The maximum atomic E-state index is 13.2. The Balaban J connectivity index is 1.07. The van der Waals surface area contributed by atoms with Crippen molar-refractivity contribution in [2.24, 2.45) is 11.8 Å². The Kier molecular flexibility index (Phi) is 5.32. The van der Waals surface area contributed by atoms with E-state index in [4.69, 9.17) is 4.74 Å². The molecule has 3 aliphatic rings. The number of rotatable bonds is 4. The SMILES string of the molecule is CC1Oc2ccc(C(=O)C3CCN(C(=O)C4CC4c4ccc5ccccc5c4)CC3)cc2NC1=O. The minimum absolute atomic E-state index is 0.0510. The van der Waals surface area contributed by atoms with Gasteiger partial charge in [-0.3, -0.25) is 14.4 Å². The Bertz CT molecular complexity index is 1340.